The SMILES string of the molecule is CC(NC(=O)C1CC1c1ccc(F)c(F)c1)(C(=O)O)c1ccc(F)cc1. The fourth-order valence-electron chi connectivity index (χ4n) is 2.97. The van der Waals surface area contributed by atoms with Gasteiger partial charge in [-0.25, -0.2) is 18.0 Å². The number of carbonyl (C=O) groups excluding carboxylic acids is 1. The van der Waals surface area contributed by atoms with Gasteiger partial charge in [0.1, 0.15) is 5.82 Å². The number of hydrogen-bond donors (Lipinski definition) is 2. The van der Waals surface area contributed by atoms with Crippen molar-refractivity contribution in [1.29, 1.82) is 0 Å². The van der Waals surface area contributed by atoms with E-state index in [4.69, 9.17) is 0 Å². The summed E-state index contributed by atoms with van der Waals surface area (Å²) >= 11 is 0. The highest BCUT2D eigenvalue weighted by atomic mass is 19.2. The van der Waals surface area contributed by atoms with Gasteiger partial charge in [-0.05, 0) is 54.7 Å². The lowest BCUT2D eigenvalue weighted by atomic mass is 9.91. The van der Waals surface area contributed by atoms with E-state index in [9.17, 15) is 27.9 Å². The van der Waals surface area contributed by atoms with Crippen LogP contribution in [0, 0.1) is 23.4 Å². The first kappa shape index (κ1) is 18.0. The molecule has 1 amide bonds. The van der Waals surface area contributed by atoms with E-state index in [1.165, 1.54) is 25.1 Å². The molecule has 0 bridgehead atoms. The number of halogens is 3. The molecule has 1 aliphatic carbocycles. The maximum absolute atomic E-state index is 13.3. The molecule has 3 atom stereocenters. The largest absolute Gasteiger partial charge is 0.479 e. The molecular formula is C19H16F3NO3. The van der Waals surface area contributed by atoms with Crippen LogP contribution in [0.15, 0.2) is 42.5 Å². The van der Waals surface area contributed by atoms with Gasteiger partial charge in [-0.15, -0.1) is 0 Å². The lowest BCUT2D eigenvalue weighted by Gasteiger charge is -2.27. The Morgan fingerprint density at radius 1 is 1.08 bits per heavy atom. The molecule has 7 heteroatoms. The number of benzene rings is 2. The van der Waals surface area contributed by atoms with Gasteiger partial charge in [0.15, 0.2) is 17.2 Å². The Morgan fingerprint density at radius 3 is 2.31 bits per heavy atom. The number of hydrogen-bond acceptors (Lipinski definition) is 2. The molecular weight excluding hydrogens is 347 g/mol. The van der Waals surface area contributed by atoms with E-state index < -0.39 is 40.8 Å². The summed E-state index contributed by atoms with van der Waals surface area (Å²) in [4.78, 5) is 24.2. The summed E-state index contributed by atoms with van der Waals surface area (Å²) in [5.41, 5.74) is -1.01. The maximum atomic E-state index is 13.3. The third-order valence-corrected chi connectivity index (χ3v) is 4.72. The molecule has 2 N–H and O–H groups in total. The maximum Gasteiger partial charge on any atom is 0.333 e. The summed E-state index contributed by atoms with van der Waals surface area (Å²) in [6.45, 7) is 1.31. The highest BCUT2D eigenvalue weighted by molar-refractivity contribution is 5.90. The summed E-state index contributed by atoms with van der Waals surface area (Å²) in [5.74, 6) is -5.10. The molecule has 0 heterocycles. The van der Waals surface area contributed by atoms with Gasteiger partial charge in [0, 0.05) is 5.92 Å². The predicted octanol–water partition coefficient (Wildman–Crippen LogP) is 3.32. The Morgan fingerprint density at radius 2 is 1.73 bits per heavy atom. The van der Waals surface area contributed by atoms with Crippen LogP contribution in [0.25, 0.3) is 0 Å². The molecule has 136 valence electrons. The van der Waals surface area contributed by atoms with E-state index >= 15 is 0 Å². The zero-order valence-electron chi connectivity index (χ0n) is 13.8. The second-order valence-electron chi connectivity index (χ2n) is 6.55. The summed E-state index contributed by atoms with van der Waals surface area (Å²) in [6, 6.07) is 8.27. The summed E-state index contributed by atoms with van der Waals surface area (Å²) in [7, 11) is 0. The van der Waals surface area contributed by atoms with Crippen molar-refractivity contribution in [3.05, 3.63) is 71.0 Å². The molecule has 0 aliphatic heterocycles. The van der Waals surface area contributed by atoms with Crippen molar-refractivity contribution in [2.75, 3.05) is 0 Å². The normalized spacial score (nSPS) is 20.9. The van der Waals surface area contributed by atoms with Gasteiger partial charge in [0.2, 0.25) is 5.91 Å². The summed E-state index contributed by atoms with van der Waals surface area (Å²) in [6.07, 6.45) is 0.413. The first-order valence-corrected chi connectivity index (χ1v) is 7.99. The lowest BCUT2D eigenvalue weighted by molar-refractivity contribution is -0.147. The first-order chi connectivity index (χ1) is 12.2. The van der Waals surface area contributed by atoms with Gasteiger partial charge in [-0.1, -0.05) is 18.2 Å². The highest BCUT2D eigenvalue weighted by Gasteiger charge is 2.47. The Bertz CT molecular complexity index is 869. The number of amides is 1. The molecule has 1 saturated carbocycles. The molecule has 2 aromatic rings. The van der Waals surface area contributed by atoms with Crippen LogP contribution in [0.2, 0.25) is 0 Å². The van der Waals surface area contributed by atoms with Crippen LogP contribution >= 0.6 is 0 Å². The number of carboxylic acid groups (broad SMARTS) is 1. The third kappa shape index (κ3) is 3.29. The molecule has 3 rings (SSSR count). The van der Waals surface area contributed by atoms with Crippen molar-refractivity contribution in [2.45, 2.75) is 24.8 Å². The molecule has 0 saturated heterocycles. The molecule has 3 unspecified atom stereocenters. The van der Waals surface area contributed by atoms with Crippen molar-refractivity contribution < 1.29 is 27.9 Å². The standard InChI is InChI=1S/C19H16F3NO3/c1-19(18(25)26,11-3-5-12(20)6-4-11)23-17(24)14-9-13(14)10-2-7-15(21)16(22)8-10/h2-8,13-14H,9H2,1H3,(H,23,24)(H,25,26). The van der Waals surface area contributed by atoms with E-state index in [0.717, 1.165) is 24.3 Å². The van der Waals surface area contributed by atoms with Crippen LogP contribution in [0.4, 0.5) is 13.2 Å². The Labute approximate surface area is 147 Å². The van der Waals surface area contributed by atoms with E-state index in [-0.39, 0.29) is 11.5 Å². The van der Waals surface area contributed by atoms with Crippen LogP contribution in [0.3, 0.4) is 0 Å². The van der Waals surface area contributed by atoms with E-state index in [0.29, 0.717) is 12.0 Å². The molecule has 0 radical (unpaired) electrons. The number of carbonyl (C=O) groups is 2. The van der Waals surface area contributed by atoms with Crippen LogP contribution < -0.4 is 5.32 Å². The van der Waals surface area contributed by atoms with Crippen molar-refractivity contribution in [1.82, 2.24) is 5.32 Å². The topological polar surface area (TPSA) is 66.4 Å². The van der Waals surface area contributed by atoms with E-state index in [1.54, 1.807) is 0 Å². The molecule has 0 spiro atoms. The van der Waals surface area contributed by atoms with Crippen molar-refractivity contribution >= 4 is 11.9 Å². The fraction of sp³-hybridized carbons (Fsp3) is 0.263. The van der Waals surface area contributed by atoms with Gasteiger partial charge in [0.25, 0.3) is 0 Å². The minimum atomic E-state index is -1.73. The first-order valence-electron chi connectivity index (χ1n) is 7.99. The Balaban J connectivity index is 1.76. The average Bonchev–Trinajstić information content (AvgIpc) is 3.38. The van der Waals surface area contributed by atoms with Crippen molar-refractivity contribution in [2.24, 2.45) is 5.92 Å². The monoisotopic (exact) mass is 363 g/mol. The zero-order valence-corrected chi connectivity index (χ0v) is 13.8. The third-order valence-electron chi connectivity index (χ3n) is 4.72. The van der Waals surface area contributed by atoms with E-state index in [2.05, 4.69) is 5.32 Å². The number of nitrogens with one attached hydrogen (secondary N) is 1. The quantitative estimate of drug-likeness (QED) is 0.856. The van der Waals surface area contributed by atoms with Crippen LogP contribution in [0.5, 0.6) is 0 Å². The number of rotatable bonds is 5. The van der Waals surface area contributed by atoms with Gasteiger partial charge >= 0.3 is 5.97 Å². The number of carboxylic acids is 1. The van der Waals surface area contributed by atoms with Gasteiger partial charge < -0.3 is 10.4 Å². The minimum absolute atomic E-state index is 0.227. The molecule has 2 aromatic carbocycles. The van der Waals surface area contributed by atoms with Gasteiger partial charge in [-0.2, -0.15) is 0 Å². The molecule has 1 fully saturated rings. The minimum Gasteiger partial charge on any atom is -0.479 e. The summed E-state index contributed by atoms with van der Waals surface area (Å²) < 4.78 is 39.4. The van der Waals surface area contributed by atoms with E-state index in [1.807, 2.05) is 0 Å². The Kier molecular flexibility index (Phi) is 4.48. The zero-order chi connectivity index (χ0) is 19.1. The molecule has 0 aromatic heterocycles. The predicted molar refractivity (Wildman–Crippen MR) is 86.7 cm³/mol. The highest BCUT2D eigenvalue weighted by Crippen LogP contribution is 2.48. The average molecular weight is 363 g/mol. The second-order valence-corrected chi connectivity index (χ2v) is 6.55. The van der Waals surface area contributed by atoms with Crippen molar-refractivity contribution in [3.8, 4) is 0 Å². The molecule has 4 nitrogen and oxygen atoms in total. The van der Waals surface area contributed by atoms with Crippen LogP contribution in [-0.4, -0.2) is 17.0 Å². The second kappa shape index (κ2) is 6.48. The summed E-state index contributed by atoms with van der Waals surface area (Å²) in [5, 5.41) is 12.0. The smallest absolute Gasteiger partial charge is 0.333 e. The van der Waals surface area contributed by atoms with Crippen molar-refractivity contribution in [3.63, 3.8) is 0 Å². The molecule has 1 aliphatic rings. The van der Waals surface area contributed by atoms with Crippen LogP contribution in [-0.2, 0) is 15.1 Å². The van der Waals surface area contributed by atoms with Gasteiger partial charge in [0.05, 0.1) is 0 Å². The van der Waals surface area contributed by atoms with Gasteiger partial charge in [-0.3, -0.25) is 4.79 Å². The van der Waals surface area contributed by atoms with Crippen LogP contribution in [0.1, 0.15) is 30.4 Å². The Hall–Kier alpha value is -2.83. The fourth-order valence-corrected chi connectivity index (χ4v) is 2.97. The lowest BCUT2D eigenvalue weighted by Crippen LogP contribution is -2.50. The number of aliphatic carboxylic acids is 1. The molecule has 26 heavy (non-hydrogen) atoms.